The monoisotopic (exact) mass is 1640 g/mol. The van der Waals surface area contributed by atoms with Gasteiger partial charge in [0.2, 0.25) is 11.8 Å². The number of nitrogens with one attached hydrogen (secondary N) is 6. The topological polar surface area (TPSA) is 390 Å². The lowest BCUT2D eigenvalue weighted by Crippen LogP contribution is -2.56. The van der Waals surface area contributed by atoms with Crippen LogP contribution in [-0.2, 0) is 98.7 Å². The highest BCUT2D eigenvalue weighted by Crippen LogP contribution is 2.47. The van der Waals surface area contributed by atoms with Gasteiger partial charge in [-0.2, -0.15) is 0 Å². The van der Waals surface area contributed by atoms with Crippen LogP contribution in [0.4, 0.5) is 39.3 Å². The van der Waals surface area contributed by atoms with Crippen LogP contribution in [0.2, 0.25) is 0 Å². The number of unbranched alkanes of at least 4 members (excludes halogenated alkanes) is 10. The summed E-state index contributed by atoms with van der Waals surface area (Å²) in [6.45, 7) is 18.2. The number of esters is 1. The van der Waals surface area contributed by atoms with E-state index in [1.807, 2.05) is 0 Å². The van der Waals surface area contributed by atoms with Crippen molar-refractivity contribution in [3.8, 4) is 0 Å². The molecule has 4 heterocycles. The normalized spacial score (nSPS) is 21.2. The molecular formula is C81H106F2N10O20S2. The quantitative estimate of drug-likeness (QED) is 0.00988. The lowest BCUT2D eigenvalue weighted by Gasteiger charge is -2.29. The number of methoxy groups -OCH3 is 1. The fraction of sp³-hybridized carbons (Fsp3) is 0.531. The number of carboxylic acids is 1. The zero-order valence-electron chi connectivity index (χ0n) is 66.1. The predicted octanol–water partition coefficient (Wildman–Crippen LogP) is 11.0. The average molecular weight is 1640 g/mol. The van der Waals surface area contributed by atoms with Crippen LogP contribution in [0.5, 0.6) is 0 Å². The first-order chi connectivity index (χ1) is 54.4. The fourth-order valence-electron chi connectivity index (χ4n) is 14.4. The van der Waals surface area contributed by atoms with E-state index in [4.69, 9.17) is 24.1 Å². The smallest absolute Gasteiger partial charge is 0.411 e. The van der Waals surface area contributed by atoms with Gasteiger partial charge in [0.25, 0.3) is 31.9 Å². The lowest BCUT2D eigenvalue weighted by molar-refractivity contribution is -0.141. The van der Waals surface area contributed by atoms with Gasteiger partial charge in [0, 0.05) is 74.8 Å². The number of carbonyl (C=O) groups is 10. The molecule has 2 saturated carbocycles. The van der Waals surface area contributed by atoms with Crippen molar-refractivity contribution in [2.24, 2.45) is 11.8 Å². The molecule has 2 aliphatic carbocycles. The van der Waals surface area contributed by atoms with Gasteiger partial charge in [-0.25, -0.2) is 54.2 Å². The number of carboxylic acid groups (broad SMARTS) is 1. The van der Waals surface area contributed by atoms with Crippen LogP contribution < -0.4 is 30.7 Å². The number of ether oxygens (including phenoxy) is 5. The molecule has 115 heavy (non-hydrogen) atoms. The maximum absolute atomic E-state index is 14.4. The molecular weight excluding hydrogens is 1540 g/mol. The van der Waals surface area contributed by atoms with E-state index in [1.54, 1.807) is 90.1 Å². The van der Waals surface area contributed by atoms with Gasteiger partial charge in [0.05, 0.1) is 44.7 Å². The molecule has 0 bridgehead atoms. The Morgan fingerprint density at radius 1 is 0.513 bits per heavy atom. The molecule has 4 fully saturated rings. The highest BCUT2D eigenvalue weighted by atomic mass is 32.2. The molecule has 4 aliphatic heterocycles. The Hall–Kier alpha value is -10.4. The fourth-order valence-corrected chi connectivity index (χ4v) is 16.9. The molecule has 4 aromatic rings. The second-order valence-electron chi connectivity index (χ2n) is 31.7. The SMILES string of the molecule is C=C[C@@H]1C[C@]1(NC(=O)[C@@H]1C[C@@H](OC(=O)N2Cc3cccc(F)c3C2)CN1C(=O)OC(C)(C)C)C(=O)NS(=O)(=O)c1ccccc1NCCCCCCCCC(=O)O.C=C[C@@H]1C[C@]1(NC(=O)[C@@H]1C[C@@H](OC(=O)N2Cc3cccc(F)c3C2)CN1C(=O)OC(C)(C)C)C(=O)NS(=O)(=O)c1ccccc1NCCCCCCCCC(=O)OC. The van der Waals surface area contributed by atoms with E-state index in [2.05, 4.69) is 48.6 Å². The molecule has 0 aromatic heterocycles. The Balaban J connectivity index is 0.000000263. The molecule has 8 amide bonds. The summed E-state index contributed by atoms with van der Waals surface area (Å²) in [5.74, 6) is -6.66. The first-order valence-electron chi connectivity index (χ1n) is 38.8. The summed E-state index contributed by atoms with van der Waals surface area (Å²) in [6.07, 6.45) is 8.25. The molecule has 0 radical (unpaired) electrons. The van der Waals surface area contributed by atoms with Gasteiger partial charge in [-0.3, -0.25) is 48.4 Å². The maximum Gasteiger partial charge on any atom is 0.411 e. The van der Waals surface area contributed by atoms with E-state index in [9.17, 15) is 73.6 Å². The number of aliphatic carboxylic acids is 1. The van der Waals surface area contributed by atoms with Gasteiger partial charge >= 0.3 is 36.3 Å². The van der Waals surface area contributed by atoms with Crippen LogP contribution in [0.25, 0.3) is 0 Å². The molecule has 7 N–H and O–H groups in total. The molecule has 6 aliphatic rings. The number of anilines is 2. The summed E-state index contributed by atoms with van der Waals surface area (Å²) >= 11 is 0. The largest absolute Gasteiger partial charge is 0.481 e. The minimum atomic E-state index is -4.45. The first kappa shape index (κ1) is 88.6. The number of hydrogen-bond donors (Lipinski definition) is 7. The van der Waals surface area contributed by atoms with Crippen LogP contribution >= 0.6 is 0 Å². The van der Waals surface area contributed by atoms with Gasteiger partial charge in [-0.1, -0.05) is 112 Å². The summed E-state index contributed by atoms with van der Waals surface area (Å²) in [5.41, 5.74) is -2.60. The summed E-state index contributed by atoms with van der Waals surface area (Å²) < 4.78 is 115. The van der Waals surface area contributed by atoms with Gasteiger partial charge in [0.1, 0.15) is 68.0 Å². The molecule has 0 spiro atoms. The van der Waals surface area contributed by atoms with Crippen LogP contribution in [0.3, 0.4) is 0 Å². The first-order valence-corrected chi connectivity index (χ1v) is 41.8. The van der Waals surface area contributed by atoms with E-state index in [-0.39, 0.29) is 92.8 Å². The van der Waals surface area contributed by atoms with Crippen LogP contribution in [0.1, 0.15) is 179 Å². The number of benzene rings is 4. The van der Waals surface area contributed by atoms with Crippen molar-refractivity contribution in [1.29, 1.82) is 0 Å². The third-order valence-electron chi connectivity index (χ3n) is 20.7. The second kappa shape index (κ2) is 38.4. The molecule has 30 nitrogen and oxygen atoms in total. The van der Waals surface area contributed by atoms with Crippen LogP contribution in [0.15, 0.2) is 120 Å². The summed E-state index contributed by atoms with van der Waals surface area (Å²) in [4.78, 5) is 136. The van der Waals surface area contributed by atoms with Crippen molar-refractivity contribution in [3.05, 3.63) is 144 Å². The number of nitrogens with zero attached hydrogens (tertiary/aromatic N) is 4. The van der Waals surface area contributed by atoms with Gasteiger partial charge in [0.15, 0.2) is 0 Å². The molecule has 0 unspecified atom stereocenters. The molecule has 626 valence electrons. The Kier molecular flexibility index (Phi) is 29.6. The third kappa shape index (κ3) is 23.4. The van der Waals surface area contributed by atoms with Gasteiger partial charge < -0.3 is 50.1 Å². The minimum absolute atomic E-state index is 0.000864. The number of amides is 8. The number of sulfonamides is 2. The van der Waals surface area contributed by atoms with Crippen LogP contribution in [-0.4, -0.2) is 181 Å². The molecule has 34 heteroatoms. The Morgan fingerprint density at radius 3 is 1.24 bits per heavy atom. The van der Waals surface area contributed by atoms with Crippen LogP contribution in [0, 0.1) is 23.5 Å². The molecule has 2 saturated heterocycles. The summed E-state index contributed by atoms with van der Waals surface area (Å²) in [5, 5.41) is 20.4. The van der Waals surface area contributed by atoms with E-state index < -0.39 is 144 Å². The van der Waals surface area contributed by atoms with Crippen molar-refractivity contribution in [3.63, 3.8) is 0 Å². The zero-order chi connectivity index (χ0) is 83.8. The van der Waals surface area contributed by atoms with E-state index >= 15 is 0 Å². The Morgan fingerprint density at radius 2 is 0.887 bits per heavy atom. The number of likely N-dealkylation sites (tertiary alicyclic amines) is 2. The maximum atomic E-state index is 14.4. The molecule has 4 aromatic carbocycles. The van der Waals surface area contributed by atoms with Crippen molar-refractivity contribution in [2.45, 2.75) is 240 Å². The molecule has 10 rings (SSSR count). The van der Waals surface area contributed by atoms with Crippen molar-refractivity contribution >= 4 is 91.4 Å². The highest BCUT2D eigenvalue weighted by molar-refractivity contribution is 7.90. The summed E-state index contributed by atoms with van der Waals surface area (Å²) in [6, 6.07) is 19.0. The number of hydrogen-bond acceptors (Lipinski definition) is 21. The number of halogens is 2. The second-order valence-corrected chi connectivity index (χ2v) is 35.0. The van der Waals surface area contributed by atoms with Crippen molar-refractivity contribution in [2.75, 3.05) is 43.9 Å². The highest BCUT2D eigenvalue weighted by Gasteiger charge is 2.63. The Labute approximate surface area is 669 Å². The van der Waals surface area contributed by atoms with Crippen molar-refractivity contribution in [1.82, 2.24) is 39.7 Å². The third-order valence-corrected chi connectivity index (χ3v) is 23.5. The minimum Gasteiger partial charge on any atom is -0.481 e. The number of fused-ring (bicyclic) bond motifs is 2. The summed E-state index contributed by atoms with van der Waals surface area (Å²) in [7, 11) is -7.52. The van der Waals surface area contributed by atoms with Gasteiger partial charge in [-0.05, 0) is 128 Å². The predicted molar refractivity (Wildman–Crippen MR) is 418 cm³/mol. The van der Waals surface area contributed by atoms with E-state index in [0.717, 1.165) is 80.4 Å². The Bertz CT molecular complexity index is 4520. The zero-order valence-corrected chi connectivity index (χ0v) is 67.7. The lowest BCUT2D eigenvalue weighted by atomic mass is 10.1. The standard InChI is InChI=1S/C41H54FN5O10S.C40H52FN5O10S/c1-6-28-23-41(28,37(50)45-58(53,54)34-19-13-12-18-32(34)43-21-14-10-8-7-9-11-20-35(48)55-5)44-36(49)33-22-29(25-47(33)39(52)57-40(2,3)4)56-38(51)46-24-27-16-15-17-31(42)30(27)26-46;1-5-27-22-40(27,36(50)44-57(53,54)33-18-12-11-17-31(33)42-20-13-9-7-6-8-10-19-34(47)48)43-35(49)32-21-28(24-46(32)38(52)56-39(2,3)4)55-37(51)45-23-26-15-14-16-30(41)29(26)25-45/h6,12-13,15-19,28-29,33,43H,1,7-11,14,20-26H2,2-5H3,(H,44,49)(H,45,50);5,11-12,14-18,27-28,32,42H,1,6-10,13,19-25H2,2-4H3,(H,43,49)(H,44,50)(H,47,48)/t28-,29-,33+,41-;27-,28-,32+,40-/m11/s1. The number of para-hydroxylation sites is 2. The average Bonchev–Trinajstić information content (AvgIpc) is 1.58. The van der Waals surface area contributed by atoms with E-state index in [0.29, 0.717) is 53.9 Å². The number of carbonyl (C=O) groups excluding carboxylic acids is 9. The molecule has 8 atom stereocenters. The van der Waals surface area contributed by atoms with Crippen molar-refractivity contribution < 1.29 is 102 Å². The van der Waals surface area contributed by atoms with E-state index in [1.165, 1.54) is 65.5 Å². The number of rotatable bonds is 34. The van der Waals surface area contributed by atoms with Gasteiger partial charge in [-0.15, -0.1) is 13.2 Å².